The highest BCUT2D eigenvalue weighted by molar-refractivity contribution is 7.13. The Hall–Kier alpha value is -3.33. The minimum Gasteiger partial charge on any atom is -0.345 e. The molecule has 0 saturated heterocycles. The van der Waals surface area contributed by atoms with Gasteiger partial charge in [0.2, 0.25) is 0 Å². The van der Waals surface area contributed by atoms with Crippen LogP contribution in [0.15, 0.2) is 51.4 Å². The van der Waals surface area contributed by atoms with Crippen molar-refractivity contribution in [2.24, 2.45) is 7.05 Å². The summed E-state index contributed by atoms with van der Waals surface area (Å²) in [6.45, 7) is 0.135. The molecule has 0 aliphatic heterocycles. The zero-order valence-corrected chi connectivity index (χ0v) is 14.5. The molecule has 0 aliphatic carbocycles. The topological polar surface area (TPSA) is 103 Å². The Morgan fingerprint density at radius 2 is 2.23 bits per heavy atom. The Bertz CT molecular complexity index is 1150. The molecule has 1 aromatic carbocycles. The van der Waals surface area contributed by atoms with E-state index < -0.39 is 0 Å². The van der Waals surface area contributed by atoms with Gasteiger partial charge >= 0.3 is 0 Å². The Labute approximate surface area is 151 Å². The summed E-state index contributed by atoms with van der Waals surface area (Å²) in [5.74, 6) is 0.501. The van der Waals surface area contributed by atoms with Crippen LogP contribution in [-0.4, -0.2) is 25.6 Å². The fourth-order valence-electron chi connectivity index (χ4n) is 2.44. The summed E-state index contributed by atoms with van der Waals surface area (Å²) in [5.41, 5.74) is 0.718. The van der Waals surface area contributed by atoms with E-state index in [9.17, 15) is 9.59 Å². The number of thiophene rings is 1. The average molecular weight is 367 g/mol. The molecule has 26 heavy (non-hydrogen) atoms. The summed E-state index contributed by atoms with van der Waals surface area (Å²) in [6, 6.07) is 8.55. The number of fused-ring (bicyclic) bond motifs is 1. The first kappa shape index (κ1) is 16.2. The summed E-state index contributed by atoms with van der Waals surface area (Å²) in [7, 11) is 1.63. The molecule has 1 amide bonds. The van der Waals surface area contributed by atoms with Crippen LogP contribution < -0.4 is 10.9 Å². The molecule has 4 rings (SSSR count). The van der Waals surface area contributed by atoms with Crippen molar-refractivity contribution in [1.29, 1.82) is 0 Å². The predicted molar refractivity (Wildman–Crippen MR) is 95.8 cm³/mol. The Kier molecular flexibility index (Phi) is 4.05. The van der Waals surface area contributed by atoms with E-state index in [0.717, 1.165) is 4.88 Å². The van der Waals surface area contributed by atoms with E-state index >= 15 is 0 Å². The molecule has 0 bridgehead atoms. The molecule has 0 atom stereocenters. The van der Waals surface area contributed by atoms with Crippen LogP contribution in [0.1, 0.15) is 16.2 Å². The van der Waals surface area contributed by atoms with Crippen molar-refractivity contribution in [3.8, 4) is 10.8 Å². The second kappa shape index (κ2) is 6.52. The number of hydrogen-bond donors (Lipinski definition) is 1. The highest BCUT2D eigenvalue weighted by Gasteiger charge is 2.12. The number of nitrogens with one attached hydrogen (secondary N) is 1. The van der Waals surface area contributed by atoms with E-state index in [4.69, 9.17) is 4.52 Å². The average Bonchev–Trinajstić information content (AvgIpc) is 3.34. The molecule has 8 nitrogen and oxygen atoms in total. The van der Waals surface area contributed by atoms with Crippen molar-refractivity contribution in [3.63, 3.8) is 0 Å². The number of carbonyl (C=O) groups is 1. The molecule has 3 heterocycles. The Morgan fingerprint density at radius 3 is 3.04 bits per heavy atom. The molecule has 0 radical (unpaired) electrons. The van der Waals surface area contributed by atoms with Gasteiger partial charge in [0.15, 0.2) is 5.82 Å². The van der Waals surface area contributed by atoms with Gasteiger partial charge in [-0.3, -0.25) is 9.59 Å². The van der Waals surface area contributed by atoms with Crippen LogP contribution in [0.5, 0.6) is 0 Å². The fourth-order valence-corrected chi connectivity index (χ4v) is 3.08. The van der Waals surface area contributed by atoms with E-state index in [1.807, 2.05) is 17.5 Å². The molecule has 0 aliphatic rings. The summed E-state index contributed by atoms with van der Waals surface area (Å²) in [4.78, 5) is 33.7. The Morgan fingerprint density at radius 1 is 1.35 bits per heavy atom. The van der Waals surface area contributed by atoms with Gasteiger partial charge in [0.1, 0.15) is 0 Å². The van der Waals surface area contributed by atoms with Gasteiger partial charge in [0.25, 0.3) is 17.4 Å². The normalized spacial score (nSPS) is 11.0. The maximum atomic E-state index is 12.3. The van der Waals surface area contributed by atoms with Crippen LogP contribution in [0.4, 0.5) is 0 Å². The van der Waals surface area contributed by atoms with Crippen molar-refractivity contribution < 1.29 is 9.32 Å². The van der Waals surface area contributed by atoms with Gasteiger partial charge in [0, 0.05) is 12.6 Å². The van der Waals surface area contributed by atoms with Crippen molar-refractivity contribution in [2.45, 2.75) is 6.54 Å². The van der Waals surface area contributed by atoms with E-state index in [1.165, 1.54) is 22.2 Å². The summed E-state index contributed by atoms with van der Waals surface area (Å²) < 4.78 is 6.57. The van der Waals surface area contributed by atoms with Gasteiger partial charge in [-0.25, -0.2) is 4.98 Å². The van der Waals surface area contributed by atoms with Gasteiger partial charge in [-0.15, -0.1) is 11.3 Å². The maximum absolute atomic E-state index is 12.3. The third kappa shape index (κ3) is 3.00. The standard InChI is InChI=1S/C17H13N5O3S/c1-22-9-19-12-7-10(4-5-11(12)17(22)24)15(23)18-8-14-20-16(25-21-14)13-3-2-6-26-13/h2-7,9H,8H2,1H3,(H,18,23). The Balaban J connectivity index is 1.49. The zero-order chi connectivity index (χ0) is 18.1. The number of aromatic nitrogens is 4. The monoisotopic (exact) mass is 367 g/mol. The zero-order valence-electron chi connectivity index (χ0n) is 13.7. The van der Waals surface area contributed by atoms with Crippen LogP contribution in [0.2, 0.25) is 0 Å². The molecular formula is C17H13N5O3S. The number of nitrogens with zero attached hydrogens (tertiary/aromatic N) is 4. The molecule has 3 aromatic heterocycles. The van der Waals surface area contributed by atoms with E-state index in [0.29, 0.717) is 28.2 Å². The van der Waals surface area contributed by atoms with Crippen molar-refractivity contribution in [3.05, 3.63) is 63.8 Å². The number of aryl methyl sites for hydroxylation is 1. The van der Waals surface area contributed by atoms with Gasteiger partial charge in [-0.2, -0.15) is 4.98 Å². The lowest BCUT2D eigenvalue weighted by Crippen LogP contribution is -2.24. The first-order chi connectivity index (χ1) is 12.6. The van der Waals surface area contributed by atoms with Gasteiger partial charge in [0.05, 0.1) is 28.7 Å². The molecule has 0 spiro atoms. The van der Waals surface area contributed by atoms with E-state index in [-0.39, 0.29) is 18.0 Å². The molecule has 1 N–H and O–H groups in total. The molecular weight excluding hydrogens is 354 g/mol. The summed E-state index contributed by atoms with van der Waals surface area (Å²) in [6.07, 6.45) is 1.43. The lowest BCUT2D eigenvalue weighted by molar-refractivity contribution is 0.0949. The summed E-state index contributed by atoms with van der Waals surface area (Å²) in [5, 5.41) is 8.97. The largest absolute Gasteiger partial charge is 0.345 e. The molecule has 130 valence electrons. The number of rotatable bonds is 4. The highest BCUT2D eigenvalue weighted by atomic mass is 32.1. The number of benzene rings is 1. The van der Waals surface area contributed by atoms with Gasteiger partial charge in [-0.05, 0) is 29.6 Å². The number of carbonyl (C=O) groups excluding carboxylic acids is 1. The van der Waals surface area contributed by atoms with Crippen LogP contribution >= 0.6 is 11.3 Å². The van der Waals surface area contributed by atoms with Crippen molar-refractivity contribution >= 4 is 28.1 Å². The number of amides is 1. The number of hydrogen-bond acceptors (Lipinski definition) is 7. The first-order valence-corrected chi connectivity index (χ1v) is 8.60. The molecule has 4 aromatic rings. The van der Waals surface area contributed by atoms with Gasteiger partial charge in [-0.1, -0.05) is 11.2 Å². The second-order valence-corrected chi connectivity index (χ2v) is 6.52. The SMILES string of the molecule is Cn1cnc2cc(C(=O)NCc3noc(-c4cccs4)n3)ccc2c1=O. The van der Waals surface area contributed by atoms with E-state index in [1.54, 1.807) is 25.2 Å². The van der Waals surface area contributed by atoms with Crippen LogP contribution in [-0.2, 0) is 13.6 Å². The minimum atomic E-state index is -0.308. The molecule has 0 saturated carbocycles. The molecule has 9 heteroatoms. The lowest BCUT2D eigenvalue weighted by atomic mass is 10.1. The maximum Gasteiger partial charge on any atom is 0.268 e. The molecule has 0 unspecified atom stereocenters. The van der Waals surface area contributed by atoms with Crippen molar-refractivity contribution in [1.82, 2.24) is 25.0 Å². The van der Waals surface area contributed by atoms with Crippen LogP contribution in [0.25, 0.3) is 21.7 Å². The third-order valence-corrected chi connectivity index (χ3v) is 4.65. The van der Waals surface area contributed by atoms with Crippen LogP contribution in [0.3, 0.4) is 0 Å². The third-order valence-electron chi connectivity index (χ3n) is 3.79. The second-order valence-electron chi connectivity index (χ2n) is 5.57. The highest BCUT2D eigenvalue weighted by Crippen LogP contribution is 2.22. The first-order valence-electron chi connectivity index (χ1n) is 7.72. The predicted octanol–water partition coefficient (Wildman–Crippen LogP) is 1.97. The van der Waals surface area contributed by atoms with Crippen LogP contribution in [0, 0.1) is 0 Å². The quantitative estimate of drug-likeness (QED) is 0.592. The minimum absolute atomic E-state index is 0.135. The lowest BCUT2D eigenvalue weighted by Gasteiger charge is -2.04. The smallest absolute Gasteiger partial charge is 0.268 e. The fraction of sp³-hybridized carbons (Fsp3) is 0.118. The summed E-state index contributed by atoms with van der Waals surface area (Å²) >= 11 is 1.50. The van der Waals surface area contributed by atoms with Gasteiger partial charge < -0.3 is 14.4 Å². The molecule has 0 fully saturated rings. The van der Waals surface area contributed by atoms with Crippen molar-refractivity contribution in [2.75, 3.05) is 0 Å². The van der Waals surface area contributed by atoms with E-state index in [2.05, 4.69) is 20.4 Å².